The summed E-state index contributed by atoms with van der Waals surface area (Å²) in [4.78, 5) is 26.2. The minimum Gasteiger partial charge on any atom is -0.378 e. The van der Waals surface area contributed by atoms with Gasteiger partial charge in [0.2, 0.25) is 5.91 Å². The smallest absolute Gasteiger partial charge is 0.321 e. The fourth-order valence-electron chi connectivity index (χ4n) is 3.03. The van der Waals surface area contributed by atoms with Crippen molar-refractivity contribution in [3.8, 4) is 0 Å². The highest BCUT2D eigenvalue weighted by Crippen LogP contribution is 2.23. The SMILES string of the molecule is O=C(CC1CCCO1)Nc1ccccc1NC(=O)N1CCCC1. The highest BCUT2D eigenvalue weighted by molar-refractivity contribution is 5.99. The van der Waals surface area contributed by atoms with Gasteiger partial charge in [0.25, 0.3) is 0 Å². The fourth-order valence-corrected chi connectivity index (χ4v) is 3.03. The molecule has 1 unspecified atom stereocenters. The first kappa shape index (κ1) is 15.8. The lowest BCUT2D eigenvalue weighted by molar-refractivity contribution is -0.118. The van der Waals surface area contributed by atoms with E-state index in [1.807, 2.05) is 12.1 Å². The van der Waals surface area contributed by atoms with Crippen molar-refractivity contribution in [2.75, 3.05) is 30.3 Å². The molecule has 1 aromatic carbocycles. The van der Waals surface area contributed by atoms with Gasteiger partial charge in [-0.05, 0) is 37.8 Å². The van der Waals surface area contributed by atoms with E-state index in [0.717, 1.165) is 45.4 Å². The molecule has 0 radical (unpaired) electrons. The molecule has 2 aliphatic heterocycles. The molecule has 6 nitrogen and oxygen atoms in total. The Bertz CT molecular complexity index is 564. The van der Waals surface area contributed by atoms with Crippen LogP contribution >= 0.6 is 0 Å². The van der Waals surface area contributed by atoms with Crippen LogP contribution < -0.4 is 10.6 Å². The van der Waals surface area contributed by atoms with Crippen LogP contribution in [-0.2, 0) is 9.53 Å². The number of urea groups is 1. The van der Waals surface area contributed by atoms with Crippen molar-refractivity contribution in [1.29, 1.82) is 0 Å². The zero-order chi connectivity index (χ0) is 16.1. The number of nitrogens with one attached hydrogen (secondary N) is 2. The van der Waals surface area contributed by atoms with Gasteiger partial charge in [-0.25, -0.2) is 4.79 Å². The number of carbonyl (C=O) groups excluding carboxylic acids is 2. The van der Waals surface area contributed by atoms with Crippen LogP contribution in [0.5, 0.6) is 0 Å². The van der Waals surface area contributed by atoms with Gasteiger partial charge < -0.3 is 20.3 Å². The van der Waals surface area contributed by atoms with Gasteiger partial charge in [-0.3, -0.25) is 4.79 Å². The number of benzene rings is 1. The van der Waals surface area contributed by atoms with E-state index in [1.54, 1.807) is 17.0 Å². The molecule has 2 fully saturated rings. The molecule has 2 N–H and O–H groups in total. The number of hydrogen-bond donors (Lipinski definition) is 2. The average molecular weight is 317 g/mol. The van der Waals surface area contributed by atoms with Gasteiger partial charge in [-0.2, -0.15) is 0 Å². The van der Waals surface area contributed by atoms with Crippen molar-refractivity contribution in [3.63, 3.8) is 0 Å². The van der Waals surface area contributed by atoms with Gasteiger partial charge in [-0.1, -0.05) is 12.1 Å². The predicted molar refractivity (Wildman–Crippen MR) is 88.5 cm³/mol. The molecule has 1 aromatic rings. The summed E-state index contributed by atoms with van der Waals surface area (Å²) in [6, 6.07) is 7.17. The third-order valence-corrected chi connectivity index (χ3v) is 4.27. The van der Waals surface area contributed by atoms with Crippen molar-refractivity contribution in [3.05, 3.63) is 24.3 Å². The van der Waals surface area contributed by atoms with Crippen LogP contribution in [0.25, 0.3) is 0 Å². The monoisotopic (exact) mass is 317 g/mol. The molecule has 23 heavy (non-hydrogen) atoms. The zero-order valence-corrected chi connectivity index (χ0v) is 13.2. The van der Waals surface area contributed by atoms with Gasteiger partial charge >= 0.3 is 6.03 Å². The third kappa shape index (κ3) is 4.22. The van der Waals surface area contributed by atoms with E-state index < -0.39 is 0 Å². The van der Waals surface area contributed by atoms with Crippen molar-refractivity contribution >= 4 is 23.3 Å². The summed E-state index contributed by atoms with van der Waals surface area (Å²) in [6.07, 6.45) is 4.41. The number of hydrogen-bond acceptors (Lipinski definition) is 3. The molecule has 3 rings (SSSR count). The zero-order valence-electron chi connectivity index (χ0n) is 13.2. The Morgan fingerprint density at radius 2 is 1.78 bits per heavy atom. The van der Waals surface area contributed by atoms with E-state index in [4.69, 9.17) is 4.74 Å². The minimum atomic E-state index is -0.108. The topological polar surface area (TPSA) is 70.7 Å². The number of likely N-dealkylation sites (tertiary alicyclic amines) is 1. The number of carbonyl (C=O) groups is 2. The minimum absolute atomic E-state index is 0.0151. The summed E-state index contributed by atoms with van der Waals surface area (Å²) in [7, 11) is 0. The summed E-state index contributed by atoms with van der Waals surface area (Å²) >= 11 is 0. The Morgan fingerprint density at radius 3 is 2.43 bits per heavy atom. The van der Waals surface area contributed by atoms with Crippen LogP contribution in [0.2, 0.25) is 0 Å². The molecule has 0 saturated carbocycles. The molecule has 0 spiro atoms. The Hall–Kier alpha value is -2.08. The second kappa shape index (κ2) is 7.46. The third-order valence-electron chi connectivity index (χ3n) is 4.27. The molecule has 1 atom stereocenters. The summed E-state index contributed by atoms with van der Waals surface area (Å²) < 4.78 is 5.49. The number of amides is 3. The molecule has 2 heterocycles. The first-order valence-electron chi connectivity index (χ1n) is 8.29. The second-order valence-electron chi connectivity index (χ2n) is 6.06. The molecule has 3 amide bonds. The van der Waals surface area contributed by atoms with Crippen molar-refractivity contribution in [2.24, 2.45) is 0 Å². The molecule has 0 aliphatic carbocycles. The number of para-hydroxylation sites is 2. The second-order valence-corrected chi connectivity index (χ2v) is 6.06. The van der Waals surface area contributed by atoms with Crippen molar-refractivity contribution < 1.29 is 14.3 Å². The number of ether oxygens (including phenoxy) is 1. The lowest BCUT2D eigenvalue weighted by atomic mass is 10.1. The van der Waals surface area contributed by atoms with Gasteiger partial charge in [-0.15, -0.1) is 0 Å². The number of rotatable bonds is 4. The molecule has 2 saturated heterocycles. The maximum absolute atomic E-state index is 12.2. The standard InChI is InChI=1S/C17H23N3O3/c21-16(12-13-6-5-11-23-13)18-14-7-1-2-8-15(14)19-17(22)20-9-3-4-10-20/h1-2,7-8,13H,3-6,9-12H2,(H,18,21)(H,19,22). The summed E-state index contributed by atoms with van der Waals surface area (Å²) in [5.41, 5.74) is 1.26. The maximum Gasteiger partial charge on any atom is 0.321 e. The van der Waals surface area contributed by atoms with Gasteiger partial charge in [0.1, 0.15) is 0 Å². The number of nitrogens with zero attached hydrogens (tertiary/aromatic N) is 1. The summed E-state index contributed by atoms with van der Waals surface area (Å²) in [5, 5.41) is 5.77. The van der Waals surface area contributed by atoms with Crippen molar-refractivity contribution in [1.82, 2.24) is 4.90 Å². The highest BCUT2D eigenvalue weighted by Gasteiger charge is 2.21. The first-order chi connectivity index (χ1) is 11.2. The molecule has 0 bridgehead atoms. The Kier molecular flexibility index (Phi) is 5.12. The Balaban J connectivity index is 1.60. The molecule has 0 aromatic heterocycles. The highest BCUT2D eigenvalue weighted by atomic mass is 16.5. The van der Waals surface area contributed by atoms with E-state index in [2.05, 4.69) is 10.6 Å². The van der Waals surface area contributed by atoms with Crippen LogP contribution in [0, 0.1) is 0 Å². The van der Waals surface area contributed by atoms with E-state index in [1.165, 1.54) is 0 Å². The largest absolute Gasteiger partial charge is 0.378 e. The molecule has 2 aliphatic rings. The van der Waals surface area contributed by atoms with Gasteiger partial charge in [0.15, 0.2) is 0 Å². The van der Waals surface area contributed by atoms with E-state index in [0.29, 0.717) is 17.8 Å². The number of anilines is 2. The normalized spacial score (nSPS) is 20.5. The van der Waals surface area contributed by atoms with Gasteiger partial charge in [0, 0.05) is 19.7 Å². The molecule has 6 heteroatoms. The van der Waals surface area contributed by atoms with Crippen LogP contribution in [0.3, 0.4) is 0 Å². The Morgan fingerprint density at radius 1 is 1.09 bits per heavy atom. The van der Waals surface area contributed by atoms with Crippen LogP contribution in [-0.4, -0.2) is 42.6 Å². The summed E-state index contributed by atoms with van der Waals surface area (Å²) in [5.74, 6) is -0.0835. The quantitative estimate of drug-likeness (QED) is 0.897. The molecule has 124 valence electrons. The molecular weight excluding hydrogens is 294 g/mol. The Labute approximate surface area is 136 Å². The maximum atomic E-state index is 12.2. The fraction of sp³-hybridized carbons (Fsp3) is 0.529. The lowest BCUT2D eigenvalue weighted by Crippen LogP contribution is -2.32. The van der Waals surface area contributed by atoms with Crippen LogP contribution in [0.15, 0.2) is 24.3 Å². The van der Waals surface area contributed by atoms with Crippen molar-refractivity contribution in [2.45, 2.75) is 38.2 Å². The van der Waals surface area contributed by atoms with E-state index in [-0.39, 0.29) is 18.0 Å². The van der Waals surface area contributed by atoms with Gasteiger partial charge in [0.05, 0.1) is 23.9 Å². The van der Waals surface area contributed by atoms with Crippen LogP contribution in [0.1, 0.15) is 32.1 Å². The van der Waals surface area contributed by atoms with E-state index in [9.17, 15) is 9.59 Å². The van der Waals surface area contributed by atoms with Crippen LogP contribution in [0.4, 0.5) is 16.2 Å². The first-order valence-corrected chi connectivity index (χ1v) is 8.29. The summed E-state index contributed by atoms with van der Waals surface area (Å²) in [6.45, 7) is 2.32. The average Bonchev–Trinajstić information content (AvgIpc) is 3.22. The lowest BCUT2D eigenvalue weighted by Gasteiger charge is -2.18. The van der Waals surface area contributed by atoms with E-state index >= 15 is 0 Å². The predicted octanol–water partition coefficient (Wildman–Crippen LogP) is 2.82. The molecular formula is C17H23N3O3.